The fourth-order valence-electron chi connectivity index (χ4n) is 0.615. The van der Waals surface area contributed by atoms with Gasteiger partial charge >= 0.3 is 19.1 Å². The molecule has 0 bridgehead atoms. The monoisotopic (exact) mass is 228 g/mol. The Morgan fingerprint density at radius 3 is 1.23 bits per heavy atom. The standard InChI is InChI=1S/C5H16O6Si2/c1-6-12(7-2)10-5-11-13(8-3)9-4/h12-13H,5H2,1-4H3. The van der Waals surface area contributed by atoms with Crippen LogP contribution in [0.2, 0.25) is 0 Å². The molecule has 0 amide bonds. The van der Waals surface area contributed by atoms with Gasteiger partial charge in [0.1, 0.15) is 6.79 Å². The van der Waals surface area contributed by atoms with Crippen LogP contribution in [0.1, 0.15) is 0 Å². The Balaban J connectivity index is 3.41. The normalized spacial score (nSPS) is 11.5. The van der Waals surface area contributed by atoms with Gasteiger partial charge in [-0.2, -0.15) is 0 Å². The van der Waals surface area contributed by atoms with E-state index in [2.05, 4.69) is 0 Å². The molecule has 0 N–H and O–H groups in total. The molecule has 8 heteroatoms. The summed E-state index contributed by atoms with van der Waals surface area (Å²) in [6.07, 6.45) is 0. The third kappa shape index (κ3) is 6.29. The smallest absolute Gasteiger partial charge is 0.379 e. The molecular weight excluding hydrogens is 212 g/mol. The minimum absolute atomic E-state index is 0.0805. The van der Waals surface area contributed by atoms with Crippen LogP contribution in [0, 0.1) is 0 Å². The maximum Gasteiger partial charge on any atom is 0.485 e. The molecule has 0 saturated carbocycles. The lowest BCUT2D eigenvalue weighted by Gasteiger charge is -2.14. The van der Waals surface area contributed by atoms with E-state index in [0.29, 0.717) is 0 Å². The maximum atomic E-state index is 5.12. The zero-order chi connectivity index (χ0) is 10.1. The highest BCUT2D eigenvalue weighted by Gasteiger charge is 2.14. The second-order valence-electron chi connectivity index (χ2n) is 1.97. The van der Waals surface area contributed by atoms with Gasteiger partial charge in [0.2, 0.25) is 0 Å². The fourth-order valence-corrected chi connectivity index (χ4v) is 2.08. The summed E-state index contributed by atoms with van der Waals surface area (Å²) in [6, 6.07) is 0. The van der Waals surface area contributed by atoms with Crippen LogP contribution >= 0.6 is 0 Å². The number of hydrogen-bond donors (Lipinski definition) is 0. The molecule has 0 aromatic rings. The summed E-state index contributed by atoms with van der Waals surface area (Å²) in [4.78, 5) is 0. The van der Waals surface area contributed by atoms with Crippen LogP contribution in [-0.4, -0.2) is 54.3 Å². The fraction of sp³-hybridized carbons (Fsp3) is 1.00. The Hall–Kier alpha value is 0.194. The Morgan fingerprint density at radius 2 is 1.00 bits per heavy atom. The van der Waals surface area contributed by atoms with Crippen molar-refractivity contribution in [3.05, 3.63) is 0 Å². The first-order chi connectivity index (χ1) is 6.28. The molecule has 0 saturated heterocycles. The van der Waals surface area contributed by atoms with Gasteiger partial charge in [0, 0.05) is 28.4 Å². The van der Waals surface area contributed by atoms with Crippen molar-refractivity contribution in [1.29, 1.82) is 0 Å². The number of hydrogen-bond acceptors (Lipinski definition) is 6. The van der Waals surface area contributed by atoms with Crippen molar-refractivity contribution in [2.24, 2.45) is 0 Å². The minimum atomic E-state index is -1.99. The third-order valence-electron chi connectivity index (χ3n) is 1.18. The van der Waals surface area contributed by atoms with E-state index in [1.807, 2.05) is 0 Å². The molecule has 0 aliphatic rings. The van der Waals surface area contributed by atoms with Crippen molar-refractivity contribution < 1.29 is 26.6 Å². The first-order valence-electron chi connectivity index (χ1n) is 3.62. The highest BCUT2D eigenvalue weighted by Crippen LogP contribution is 1.92. The van der Waals surface area contributed by atoms with E-state index < -0.39 is 19.1 Å². The molecule has 0 aromatic heterocycles. The average molecular weight is 228 g/mol. The third-order valence-corrected chi connectivity index (χ3v) is 3.53. The molecule has 0 rings (SSSR count). The van der Waals surface area contributed by atoms with Crippen LogP contribution in [0.5, 0.6) is 0 Å². The summed E-state index contributed by atoms with van der Waals surface area (Å²) < 4.78 is 29.8. The van der Waals surface area contributed by atoms with Crippen molar-refractivity contribution in [2.75, 3.05) is 35.2 Å². The summed E-state index contributed by atoms with van der Waals surface area (Å²) >= 11 is 0. The van der Waals surface area contributed by atoms with Crippen molar-refractivity contribution in [3.63, 3.8) is 0 Å². The van der Waals surface area contributed by atoms with Gasteiger partial charge in [-0.3, -0.25) is 0 Å². The van der Waals surface area contributed by atoms with Crippen LogP contribution < -0.4 is 0 Å². The van der Waals surface area contributed by atoms with Gasteiger partial charge in [-0.05, 0) is 0 Å². The van der Waals surface area contributed by atoms with Crippen LogP contribution in [0.15, 0.2) is 0 Å². The minimum Gasteiger partial charge on any atom is -0.379 e. The molecule has 0 fully saturated rings. The zero-order valence-electron chi connectivity index (χ0n) is 8.31. The van der Waals surface area contributed by atoms with E-state index in [1.165, 1.54) is 28.4 Å². The van der Waals surface area contributed by atoms with Crippen LogP contribution in [0.4, 0.5) is 0 Å². The highest BCUT2D eigenvalue weighted by molar-refractivity contribution is 6.37. The second kappa shape index (κ2) is 8.78. The van der Waals surface area contributed by atoms with E-state index >= 15 is 0 Å². The van der Waals surface area contributed by atoms with E-state index in [9.17, 15) is 0 Å². The van der Waals surface area contributed by atoms with Gasteiger partial charge in [-0.25, -0.2) is 0 Å². The van der Waals surface area contributed by atoms with Crippen molar-refractivity contribution in [3.8, 4) is 0 Å². The summed E-state index contributed by atoms with van der Waals surface area (Å²) in [6.45, 7) is 0.0805. The van der Waals surface area contributed by atoms with Gasteiger partial charge < -0.3 is 26.6 Å². The van der Waals surface area contributed by atoms with E-state index in [1.54, 1.807) is 0 Å². The summed E-state index contributed by atoms with van der Waals surface area (Å²) in [5, 5.41) is 0. The van der Waals surface area contributed by atoms with Crippen LogP contribution in [-0.2, 0) is 26.6 Å². The van der Waals surface area contributed by atoms with E-state index in [4.69, 9.17) is 26.6 Å². The topological polar surface area (TPSA) is 55.4 Å². The molecule has 0 radical (unpaired) electrons. The van der Waals surface area contributed by atoms with E-state index in [-0.39, 0.29) is 6.79 Å². The lowest BCUT2D eigenvalue weighted by atomic mass is 11.6. The molecule has 0 atom stereocenters. The molecule has 0 aromatic carbocycles. The molecule has 80 valence electrons. The van der Waals surface area contributed by atoms with Gasteiger partial charge in [-0.15, -0.1) is 0 Å². The largest absolute Gasteiger partial charge is 0.485 e. The summed E-state index contributed by atoms with van der Waals surface area (Å²) in [5.41, 5.74) is 0. The Bertz CT molecular complexity index is 95.2. The molecule has 6 nitrogen and oxygen atoms in total. The van der Waals surface area contributed by atoms with Gasteiger partial charge in [-0.1, -0.05) is 0 Å². The summed E-state index contributed by atoms with van der Waals surface area (Å²) in [7, 11) is 2.14. The maximum absolute atomic E-state index is 5.12. The average Bonchev–Trinajstić information content (AvgIpc) is 2.19. The lowest BCUT2D eigenvalue weighted by Crippen LogP contribution is -2.30. The molecule has 0 unspecified atom stereocenters. The molecule has 0 spiro atoms. The second-order valence-corrected chi connectivity index (χ2v) is 5.68. The van der Waals surface area contributed by atoms with Gasteiger partial charge in [0.25, 0.3) is 0 Å². The van der Waals surface area contributed by atoms with E-state index in [0.717, 1.165) is 0 Å². The quantitative estimate of drug-likeness (QED) is 0.392. The molecule has 0 aliphatic carbocycles. The predicted molar refractivity (Wildman–Crippen MR) is 49.4 cm³/mol. The zero-order valence-corrected chi connectivity index (χ0v) is 10.6. The van der Waals surface area contributed by atoms with Crippen LogP contribution in [0.25, 0.3) is 0 Å². The van der Waals surface area contributed by atoms with Gasteiger partial charge in [0.15, 0.2) is 0 Å². The van der Waals surface area contributed by atoms with Crippen molar-refractivity contribution in [1.82, 2.24) is 0 Å². The molecule has 13 heavy (non-hydrogen) atoms. The summed E-state index contributed by atoms with van der Waals surface area (Å²) in [5.74, 6) is 0. The Morgan fingerprint density at radius 1 is 0.692 bits per heavy atom. The first-order valence-corrected chi connectivity index (χ1v) is 6.45. The number of rotatable bonds is 8. The molecular formula is C5H16O6Si2. The highest BCUT2D eigenvalue weighted by atomic mass is 28.3. The molecule has 0 aliphatic heterocycles. The van der Waals surface area contributed by atoms with Crippen LogP contribution in [0.3, 0.4) is 0 Å². The van der Waals surface area contributed by atoms with Crippen molar-refractivity contribution >= 4 is 19.1 Å². The Kier molecular flexibility index (Phi) is 8.91. The van der Waals surface area contributed by atoms with Gasteiger partial charge in [0.05, 0.1) is 0 Å². The molecule has 0 heterocycles. The predicted octanol–water partition coefficient (Wildman–Crippen LogP) is -1.00. The SMILES string of the molecule is CO[SiH](OC)OCO[SiH](OC)OC. The first kappa shape index (κ1) is 13.2. The van der Waals surface area contributed by atoms with Crippen molar-refractivity contribution in [2.45, 2.75) is 0 Å². The Labute approximate surface area is 81.6 Å². The lowest BCUT2D eigenvalue weighted by molar-refractivity contribution is 0.0138.